The topological polar surface area (TPSA) is 188 Å². The van der Waals surface area contributed by atoms with Gasteiger partial charge in [0.25, 0.3) is 28.4 Å². The van der Waals surface area contributed by atoms with Crippen molar-refractivity contribution in [3.05, 3.63) is 103 Å². The molecule has 1 heterocycles. The molecule has 3 aromatic rings. The molecule has 3 aromatic carbocycles. The summed E-state index contributed by atoms with van der Waals surface area (Å²) in [5.74, 6) is -1.40. The van der Waals surface area contributed by atoms with Crippen molar-refractivity contribution >= 4 is 57.7 Å². The number of anilines is 1. The van der Waals surface area contributed by atoms with Crippen molar-refractivity contribution in [3.63, 3.8) is 0 Å². The first-order valence-corrected chi connectivity index (χ1v) is 12.8. The number of nitro benzene ring substituents is 2. The van der Waals surface area contributed by atoms with Crippen molar-refractivity contribution in [3.8, 4) is 11.5 Å². The third-order valence-electron chi connectivity index (χ3n) is 5.76. The summed E-state index contributed by atoms with van der Waals surface area (Å²) in [4.78, 5) is 71.6. The van der Waals surface area contributed by atoms with Crippen LogP contribution in [0.1, 0.15) is 15.9 Å². The first kappa shape index (κ1) is 29.4. The van der Waals surface area contributed by atoms with Crippen molar-refractivity contribution < 1.29 is 38.5 Å². The molecule has 214 valence electrons. The lowest BCUT2D eigenvalue weighted by molar-refractivity contribution is -0.385. The summed E-state index contributed by atoms with van der Waals surface area (Å²) in [6, 6.07) is 14.8. The lowest BCUT2D eigenvalue weighted by Gasteiger charge is -2.12. The Balaban J connectivity index is 1.39. The van der Waals surface area contributed by atoms with Crippen LogP contribution in [0, 0.1) is 20.2 Å². The van der Waals surface area contributed by atoms with Gasteiger partial charge in [-0.05, 0) is 53.7 Å². The first-order valence-electron chi connectivity index (χ1n) is 11.9. The maximum absolute atomic E-state index is 12.9. The van der Waals surface area contributed by atoms with E-state index in [1.54, 1.807) is 6.07 Å². The Morgan fingerprint density at radius 1 is 0.952 bits per heavy atom. The number of methoxy groups -OCH3 is 1. The molecular weight excluding hydrogens is 572 g/mol. The molecular formula is C27H20N4O10S. The second-order valence-corrected chi connectivity index (χ2v) is 9.54. The zero-order chi connectivity index (χ0) is 30.4. The Morgan fingerprint density at radius 2 is 1.67 bits per heavy atom. The van der Waals surface area contributed by atoms with Gasteiger partial charge in [-0.15, -0.1) is 0 Å². The average Bonchev–Trinajstić information content (AvgIpc) is 3.23. The van der Waals surface area contributed by atoms with E-state index in [2.05, 4.69) is 5.32 Å². The van der Waals surface area contributed by atoms with Gasteiger partial charge in [0.2, 0.25) is 0 Å². The van der Waals surface area contributed by atoms with Crippen LogP contribution in [0.25, 0.3) is 6.08 Å². The predicted octanol–water partition coefficient (Wildman–Crippen LogP) is 4.45. The minimum absolute atomic E-state index is 0.0588. The van der Waals surface area contributed by atoms with Gasteiger partial charge in [-0.1, -0.05) is 12.1 Å². The Hall–Kier alpha value is -5.57. The number of hydrogen-bond donors (Lipinski definition) is 1. The molecule has 0 unspecified atom stereocenters. The molecule has 4 rings (SSSR count). The van der Waals surface area contributed by atoms with Gasteiger partial charge in [-0.25, -0.2) is 0 Å². The molecule has 0 radical (unpaired) electrons. The van der Waals surface area contributed by atoms with E-state index in [-0.39, 0.29) is 39.0 Å². The van der Waals surface area contributed by atoms with Gasteiger partial charge in [-0.3, -0.25) is 44.3 Å². The maximum atomic E-state index is 12.9. The Kier molecular flexibility index (Phi) is 8.92. The molecule has 0 atom stereocenters. The van der Waals surface area contributed by atoms with Crippen molar-refractivity contribution in [1.29, 1.82) is 0 Å². The summed E-state index contributed by atoms with van der Waals surface area (Å²) in [5, 5.41) is 23.6. The third-order valence-corrected chi connectivity index (χ3v) is 6.67. The van der Waals surface area contributed by atoms with Crippen LogP contribution in [-0.4, -0.2) is 57.8 Å². The fraction of sp³-hybridized carbons (Fsp3) is 0.111. The van der Waals surface area contributed by atoms with Gasteiger partial charge in [0.15, 0.2) is 23.9 Å². The van der Waals surface area contributed by atoms with Crippen LogP contribution >= 0.6 is 11.8 Å². The van der Waals surface area contributed by atoms with Gasteiger partial charge in [0.1, 0.15) is 0 Å². The number of imide groups is 1. The number of hydrogen-bond acceptors (Lipinski definition) is 11. The van der Waals surface area contributed by atoms with E-state index in [4.69, 9.17) is 9.47 Å². The molecule has 14 nitrogen and oxygen atoms in total. The first-order chi connectivity index (χ1) is 20.0. The minimum atomic E-state index is -0.683. The number of ketones is 1. The lowest BCUT2D eigenvalue weighted by Crippen LogP contribution is -2.33. The highest BCUT2D eigenvalue weighted by Gasteiger charge is 2.36. The summed E-state index contributed by atoms with van der Waals surface area (Å²) in [6.07, 6.45) is 1.43. The zero-order valence-electron chi connectivity index (χ0n) is 21.7. The van der Waals surface area contributed by atoms with Crippen LogP contribution in [-0.2, 0) is 9.59 Å². The minimum Gasteiger partial charge on any atom is -0.493 e. The van der Waals surface area contributed by atoms with Crippen LogP contribution in [0.15, 0.2) is 71.6 Å². The van der Waals surface area contributed by atoms with Crippen LogP contribution in [0.5, 0.6) is 11.5 Å². The molecule has 42 heavy (non-hydrogen) atoms. The highest BCUT2D eigenvalue weighted by molar-refractivity contribution is 8.18. The van der Waals surface area contributed by atoms with E-state index in [0.29, 0.717) is 17.3 Å². The normalized spacial score (nSPS) is 13.6. The molecule has 1 saturated heterocycles. The Morgan fingerprint density at radius 3 is 2.33 bits per heavy atom. The van der Waals surface area contributed by atoms with Crippen LogP contribution in [0.2, 0.25) is 0 Å². The van der Waals surface area contributed by atoms with E-state index in [9.17, 15) is 39.4 Å². The number of benzene rings is 3. The fourth-order valence-electron chi connectivity index (χ4n) is 3.72. The van der Waals surface area contributed by atoms with Gasteiger partial charge in [-0.2, -0.15) is 0 Å². The van der Waals surface area contributed by atoms with Crippen molar-refractivity contribution in [2.24, 2.45) is 0 Å². The summed E-state index contributed by atoms with van der Waals surface area (Å²) < 4.78 is 10.8. The number of nitro groups is 2. The van der Waals surface area contributed by atoms with Gasteiger partial charge < -0.3 is 14.8 Å². The summed E-state index contributed by atoms with van der Waals surface area (Å²) >= 11 is 0.645. The Bertz CT molecular complexity index is 1640. The smallest absolute Gasteiger partial charge is 0.293 e. The second kappa shape index (κ2) is 12.7. The molecule has 0 spiro atoms. The molecule has 0 bridgehead atoms. The molecule has 0 saturated carbocycles. The third kappa shape index (κ3) is 6.95. The Labute approximate surface area is 241 Å². The molecule has 1 aliphatic rings. The monoisotopic (exact) mass is 592 g/mol. The number of amides is 3. The highest BCUT2D eigenvalue weighted by atomic mass is 32.2. The lowest BCUT2D eigenvalue weighted by atomic mass is 10.1. The maximum Gasteiger partial charge on any atom is 0.293 e. The number of carbonyl (C=O) groups excluding carboxylic acids is 4. The van der Waals surface area contributed by atoms with Crippen molar-refractivity contribution in [2.45, 2.75) is 0 Å². The zero-order valence-corrected chi connectivity index (χ0v) is 22.5. The quantitative estimate of drug-likeness (QED) is 0.143. The van der Waals surface area contributed by atoms with E-state index in [1.807, 2.05) is 0 Å². The number of thioether (sulfide) groups is 1. The van der Waals surface area contributed by atoms with Crippen molar-refractivity contribution in [2.75, 3.05) is 25.6 Å². The summed E-state index contributed by atoms with van der Waals surface area (Å²) in [7, 11) is 1.37. The molecule has 1 N–H and O–H groups in total. The van der Waals surface area contributed by atoms with Crippen molar-refractivity contribution in [1.82, 2.24) is 4.90 Å². The fourth-order valence-corrected chi connectivity index (χ4v) is 4.56. The van der Waals surface area contributed by atoms with Gasteiger partial charge in [0.05, 0.1) is 28.4 Å². The average molecular weight is 593 g/mol. The summed E-state index contributed by atoms with van der Waals surface area (Å²) in [5.41, 5.74) is 0.426. The molecule has 3 amide bonds. The number of nitrogens with one attached hydrogen (secondary N) is 1. The largest absolute Gasteiger partial charge is 0.493 e. The van der Waals surface area contributed by atoms with Crippen LogP contribution in [0.3, 0.4) is 0 Å². The van der Waals surface area contributed by atoms with Gasteiger partial charge >= 0.3 is 0 Å². The second-order valence-electron chi connectivity index (χ2n) is 8.55. The predicted molar refractivity (Wildman–Crippen MR) is 150 cm³/mol. The molecule has 0 aromatic heterocycles. The number of non-ortho nitro benzene ring substituents is 2. The van der Waals surface area contributed by atoms with E-state index < -0.39 is 45.8 Å². The van der Waals surface area contributed by atoms with E-state index >= 15 is 0 Å². The van der Waals surface area contributed by atoms with E-state index in [0.717, 1.165) is 17.0 Å². The number of ether oxygens (including phenoxy) is 2. The molecule has 1 aliphatic heterocycles. The van der Waals surface area contributed by atoms with E-state index in [1.165, 1.54) is 61.7 Å². The number of carbonyl (C=O) groups is 4. The number of Topliss-reactive ketones (excluding diaryl/α,β-unsaturated/α-hetero) is 1. The summed E-state index contributed by atoms with van der Waals surface area (Å²) in [6.45, 7) is -0.964. The molecule has 15 heteroatoms. The standard InChI is InChI=1S/C27H20N4O10S/c1-40-23-11-16(5-10-22(23)41-15-25(33)28-18-3-2-4-20(13-18)31(38)39)12-24-26(34)29(27(35)42-24)14-21(32)17-6-8-19(9-7-17)30(36)37/h2-13H,14-15H2,1H3,(H,28,33)/b24-12-. The molecule has 0 aliphatic carbocycles. The number of nitrogens with zero attached hydrogens (tertiary/aromatic N) is 3. The highest BCUT2D eigenvalue weighted by Crippen LogP contribution is 2.35. The van der Waals surface area contributed by atoms with Crippen LogP contribution in [0.4, 0.5) is 21.9 Å². The van der Waals surface area contributed by atoms with Crippen LogP contribution < -0.4 is 14.8 Å². The number of rotatable bonds is 11. The molecule has 1 fully saturated rings. The SMILES string of the molecule is COc1cc(/C=C2\SC(=O)N(CC(=O)c3ccc([N+](=O)[O-])cc3)C2=O)ccc1OCC(=O)Nc1cccc([N+](=O)[O-])c1. The van der Waals surface area contributed by atoms with Gasteiger partial charge in [0, 0.05) is 35.5 Å².